The normalized spacial score (nSPS) is 14.4. The Morgan fingerprint density at radius 1 is 1.27 bits per heavy atom. The SMILES string of the molecule is CCc1nnc(N2CCC(C(=O)NCc3ccc(C)c(F)c3)CC2)c(C#N)c1CC. The molecule has 0 atom stereocenters. The van der Waals surface area contributed by atoms with Crippen molar-refractivity contribution in [3.05, 3.63) is 52.0 Å². The molecule has 1 fully saturated rings. The molecule has 0 bridgehead atoms. The van der Waals surface area contributed by atoms with Gasteiger partial charge in [-0.05, 0) is 55.4 Å². The summed E-state index contributed by atoms with van der Waals surface area (Å²) in [6.07, 6.45) is 2.85. The fourth-order valence-corrected chi connectivity index (χ4v) is 3.93. The number of amides is 1. The van der Waals surface area contributed by atoms with E-state index < -0.39 is 0 Å². The van der Waals surface area contributed by atoms with Crippen LogP contribution in [-0.2, 0) is 24.2 Å². The van der Waals surface area contributed by atoms with E-state index in [0.717, 1.165) is 29.7 Å². The summed E-state index contributed by atoms with van der Waals surface area (Å²) in [7, 11) is 0. The third kappa shape index (κ3) is 4.59. The predicted molar refractivity (Wildman–Crippen MR) is 113 cm³/mol. The minimum absolute atomic E-state index is 0.0159. The molecule has 30 heavy (non-hydrogen) atoms. The molecule has 0 spiro atoms. The Morgan fingerprint density at radius 2 is 2.00 bits per heavy atom. The van der Waals surface area contributed by atoms with Gasteiger partial charge in [0.1, 0.15) is 17.4 Å². The zero-order valence-electron chi connectivity index (χ0n) is 17.8. The zero-order valence-corrected chi connectivity index (χ0v) is 17.8. The highest BCUT2D eigenvalue weighted by Crippen LogP contribution is 2.27. The molecular weight excluding hydrogens is 381 g/mol. The summed E-state index contributed by atoms with van der Waals surface area (Å²) in [5.41, 5.74) is 3.79. The lowest BCUT2D eigenvalue weighted by molar-refractivity contribution is -0.125. The van der Waals surface area contributed by atoms with Crippen LogP contribution in [0.1, 0.15) is 54.6 Å². The van der Waals surface area contributed by atoms with Crippen molar-refractivity contribution in [1.82, 2.24) is 15.5 Å². The highest BCUT2D eigenvalue weighted by Gasteiger charge is 2.28. The first-order valence-corrected chi connectivity index (χ1v) is 10.5. The standard InChI is InChI=1S/C23H28FN5O/c1-4-18-19(13-25)22(28-27-21(18)5-2)29-10-8-17(9-11-29)23(30)26-14-16-7-6-15(3)20(24)12-16/h6-7,12,17H,4-5,8-11,14H2,1-3H3,(H,26,30). The van der Waals surface area contributed by atoms with Crippen LogP contribution in [0.5, 0.6) is 0 Å². The molecule has 0 aliphatic carbocycles. The van der Waals surface area contributed by atoms with Crippen LogP contribution in [0.25, 0.3) is 0 Å². The van der Waals surface area contributed by atoms with Gasteiger partial charge in [0.15, 0.2) is 5.82 Å². The topological polar surface area (TPSA) is 81.9 Å². The largest absolute Gasteiger partial charge is 0.354 e. The zero-order chi connectivity index (χ0) is 21.7. The van der Waals surface area contributed by atoms with Crippen LogP contribution < -0.4 is 10.2 Å². The quantitative estimate of drug-likeness (QED) is 0.790. The first kappa shape index (κ1) is 21.7. The monoisotopic (exact) mass is 409 g/mol. The van der Waals surface area contributed by atoms with Crippen molar-refractivity contribution >= 4 is 11.7 Å². The summed E-state index contributed by atoms with van der Waals surface area (Å²) in [5, 5.41) is 21.3. The van der Waals surface area contributed by atoms with Crippen LogP contribution in [0.4, 0.5) is 10.2 Å². The number of rotatable bonds is 6. The van der Waals surface area contributed by atoms with Gasteiger partial charge in [-0.15, -0.1) is 5.10 Å². The van der Waals surface area contributed by atoms with E-state index in [1.165, 1.54) is 6.07 Å². The van der Waals surface area contributed by atoms with Crippen LogP contribution in [-0.4, -0.2) is 29.2 Å². The number of hydrogen-bond acceptors (Lipinski definition) is 5. The van der Waals surface area contributed by atoms with Gasteiger partial charge in [-0.2, -0.15) is 10.4 Å². The lowest BCUT2D eigenvalue weighted by Gasteiger charge is -2.32. The van der Waals surface area contributed by atoms with Crippen molar-refractivity contribution in [2.75, 3.05) is 18.0 Å². The Morgan fingerprint density at radius 3 is 2.60 bits per heavy atom. The number of nitriles is 1. The molecule has 2 aromatic rings. The van der Waals surface area contributed by atoms with E-state index in [2.05, 4.69) is 26.5 Å². The predicted octanol–water partition coefficient (Wildman–Crippen LogP) is 3.45. The lowest BCUT2D eigenvalue weighted by Crippen LogP contribution is -2.41. The van der Waals surface area contributed by atoms with E-state index >= 15 is 0 Å². The van der Waals surface area contributed by atoms with Crippen molar-refractivity contribution in [2.45, 2.75) is 53.0 Å². The van der Waals surface area contributed by atoms with Gasteiger partial charge < -0.3 is 10.2 Å². The molecule has 1 aromatic heterocycles. The Hall–Kier alpha value is -3.01. The van der Waals surface area contributed by atoms with Crippen LogP contribution in [0.15, 0.2) is 18.2 Å². The second kappa shape index (κ2) is 9.66. The second-order valence-electron chi connectivity index (χ2n) is 7.71. The van der Waals surface area contributed by atoms with E-state index in [1.807, 2.05) is 19.9 Å². The van der Waals surface area contributed by atoms with Crippen molar-refractivity contribution in [3.8, 4) is 6.07 Å². The number of aryl methyl sites for hydroxylation is 2. The number of aromatic nitrogens is 2. The molecule has 158 valence electrons. The van der Waals surface area contributed by atoms with E-state index in [1.54, 1.807) is 13.0 Å². The number of nitrogens with zero attached hydrogens (tertiary/aromatic N) is 4. The molecule has 1 aromatic carbocycles. The maximum Gasteiger partial charge on any atom is 0.223 e. The van der Waals surface area contributed by atoms with Gasteiger partial charge in [0.25, 0.3) is 0 Å². The average molecular weight is 410 g/mol. The second-order valence-corrected chi connectivity index (χ2v) is 7.71. The van der Waals surface area contributed by atoms with E-state index in [4.69, 9.17) is 0 Å². The third-order valence-corrected chi connectivity index (χ3v) is 5.81. The Bertz CT molecular complexity index is 961. The minimum atomic E-state index is -0.259. The maximum atomic E-state index is 13.7. The number of piperidine rings is 1. The van der Waals surface area contributed by atoms with Crippen LogP contribution in [0, 0.1) is 30.0 Å². The first-order chi connectivity index (χ1) is 14.5. The Labute approximate surface area is 177 Å². The summed E-state index contributed by atoms with van der Waals surface area (Å²) in [5.74, 6) is 0.249. The molecule has 1 amide bonds. The number of carbonyl (C=O) groups excluding carboxylic acids is 1. The van der Waals surface area contributed by atoms with Crippen LogP contribution in [0.2, 0.25) is 0 Å². The van der Waals surface area contributed by atoms with E-state index in [-0.39, 0.29) is 17.6 Å². The molecular formula is C23H28FN5O. The van der Waals surface area contributed by atoms with Gasteiger partial charge >= 0.3 is 0 Å². The average Bonchev–Trinajstić information content (AvgIpc) is 2.78. The molecule has 1 N–H and O–H groups in total. The minimum Gasteiger partial charge on any atom is -0.354 e. The van der Waals surface area contributed by atoms with E-state index in [9.17, 15) is 14.4 Å². The fraction of sp³-hybridized carbons (Fsp3) is 0.478. The first-order valence-electron chi connectivity index (χ1n) is 10.5. The number of benzene rings is 1. The molecule has 0 unspecified atom stereocenters. The maximum absolute atomic E-state index is 13.7. The molecule has 1 saturated heterocycles. The molecule has 2 heterocycles. The smallest absolute Gasteiger partial charge is 0.223 e. The summed E-state index contributed by atoms with van der Waals surface area (Å²) in [6, 6.07) is 7.33. The molecule has 0 radical (unpaired) electrons. The van der Waals surface area contributed by atoms with Gasteiger partial charge in [-0.1, -0.05) is 26.0 Å². The number of hydrogen-bond donors (Lipinski definition) is 1. The van der Waals surface area contributed by atoms with Crippen LogP contribution >= 0.6 is 0 Å². The molecule has 6 nitrogen and oxygen atoms in total. The molecule has 0 saturated carbocycles. The number of halogens is 1. The summed E-state index contributed by atoms with van der Waals surface area (Å²) >= 11 is 0. The van der Waals surface area contributed by atoms with Crippen molar-refractivity contribution < 1.29 is 9.18 Å². The van der Waals surface area contributed by atoms with Crippen molar-refractivity contribution in [1.29, 1.82) is 5.26 Å². The lowest BCUT2D eigenvalue weighted by atomic mass is 9.95. The molecule has 1 aliphatic heterocycles. The fourth-order valence-electron chi connectivity index (χ4n) is 3.93. The highest BCUT2D eigenvalue weighted by atomic mass is 19.1. The van der Waals surface area contributed by atoms with Crippen molar-refractivity contribution in [3.63, 3.8) is 0 Å². The van der Waals surface area contributed by atoms with Gasteiger partial charge in [-0.25, -0.2) is 4.39 Å². The summed E-state index contributed by atoms with van der Waals surface area (Å²) < 4.78 is 13.7. The van der Waals surface area contributed by atoms with Crippen molar-refractivity contribution in [2.24, 2.45) is 5.92 Å². The van der Waals surface area contributed by atoms with Gasteiger partial charge in [-0.3, -0.25) is 4.79 Å². The summed E-state index contributed by atoms with van der Waals surface area (Å²) in [6.45, 7) is 7.37. The van der Waals surface area contributed by atoms with Gasteiger partial charge in [0.05, 0.1) is 5.69 Å². The van der Waals surface area contributed by atoms with E-state index in [0.29, 0.717) is 49.4 Å². The Kier molecular flexibility index (Phi) is 6.99. The number of anilines is 1. The summed E-state index contributed by atoms with van der Waals surface area (Å²) in [4.78, 5) is 14.6. The van der Waals surface area contributed by atoms with Crippen LogP contribution in [0.3, 0.4) is 0 Å². The third-order valence-electron chi connectivity index (χ3n) is 5.81. The molecule has 1 aliphatic rings. The Balaban J connectivity index is 1.61. The highest BCUT2D eigenvalue weighted by molar-refractivity contribution is 5.79. The van der Waals surface area contributed by atoms with Gasteiger partial charge in [0.2, 0.25) is 5.91 Å². The van der Waals surface area contributed by atoms with Gasteiger partial charge in [0, 0.05) is 25.6 Å². The number of carbonyl (C=O) groups is 1. The molecule has 3 rings (SSSR count). The molecule has 7 heteroatoms. The number of nitrogens with one attached hydrogen (secondary N) is 1.